The SMILES string of the molecule is CC(C)(C)OC(=O)NCCc1ccc(OCCN2CCCC(F)C2)cc1. The number of rotatable bonds is 7. The number of piperidine rings is 1. The molecular formula is C20H31FN2O3. The first kappa shape index (κ1) is 20.5. The van der Waals surface area contributed by atoms with Crippen molar-refractivity contribution >= 4 is 6.09 Å². The van der Waals surface area contributed by atoms with Crippen LogP contribution in [0.15, 0.2) is 24.3 Å². The maximum Gasteiger partial charge on any atom is 0.407 e. The number of carbonyl (C=O) groups excluding carboxylic acids is 1. The monoisotopic (exact) mass is 366 g/mol. The molecule has 0 saturated carbocycles. The third-order valence-corrected chi connectivity index (χ3v) is 4.13. The molecule has 1 aromatic carbocycles. The van der Waals surface area contributed by atoms with Gasteiger partial charge in [-0.3, -0.25) is 4.90 Å². The van der Waals surface area contributed by atoms with E-state index >= 15 is 0 Å². The van der Waals surface area contributed by atoms with Crippen molar-refractivity contribution in [1.82, 2.24) is 10.2 Å². The van der Waals surface area contributed by atoms with Crippen LogP contribution >= 0.6 is 0 Å². The molecule has 1 heterocycles. The van der Waals surface area contributed by atoms with Crippen LogP contribution < -0.4 is 10.1 Å². The Bertz CT molecular complexity index is 557. The summed E-state index contributed by atoms with van der Waals surface area (Å²) >= 11 is 0. The fourth-order valence-corrected chi connectivity index (χ4v) is 2.87. The van der Waals surface area contributed by atoms with Crippen molar-refractivity contribution in [2.24, 2.45) is 0 Å². The smallest absolute Gasteiger partial charge is 0.407 e. The molecule has 1 amide bonds. The highest BCUT2D eigenvalue weighted by molar-refractivity contribution is 5.67. The molecular weight excluding hydrogens is 335 g/mol. The van der Waals surface area contributed by atoms with E-state index in [0.29, 0.717) is 26.1 Å². The lowest BCUT2D eigenvalue weighted by Gasteiger charge is -2.28. The Morgan fingerprint density at radius 3 is 2.69 bits per heavy atom. The lowest BCUT2D eigenvalue weighted by Crippen LogP contribution is -2.38. The Balaban J connectivity index is 1.64. The number of likely N-dealkylation sites (tertiary alicyclic amines) is 1. The van der Waals surface area contributed by atoms with Gasteiger partial charge in [-0.15, -0.1) is 0 Å². The number of halogens is 1. The standard InChI is InChI=1S/C20H31FN2O3/c1-20(2,3)26-19(24)22-11-10-16-6-8-18(9-7-16)25-14-13-23-12-4-5-17(21)15-23/h6-9,17H,4-5,10-15H2,1-3H3,(H,22,24). The minimum atomic E-state index is -0.697. The Labute approximate surface area is 155 Å². The quantitative estimate of drug-likeness (QED) is 0.802. The molecule has 1 aliphatic rings. The Morgan fingerprint density at radius 2 is 2.04 bits per heavy atom. The molecule has 1 unspecified atom stereocenters. The van der Waals surface area contributed by atoms with E-state index in [-0.39, 0.29) is 0 Å². The molecule has 0 radical (unpaired) electrons. The minimum absolute atomic E-state index is 0.398. The van der Waals surface area contributed by atoms with E-state index in [1.807, 2.05) is 45.0 Å². The van der Waals surface area contributed by atoms with Crippen molar-refractivity contribution in [3.05, 3.63) is 29.8 Å². The molecule has 1 aliphatic heterocycles. The van der Waals surface area contributed by atoms with Crippen molar-refractivity contribution in [2.45, 2.75) is 51.8 Å². The summed E-state index contributed by atoms with van der Waals surface area (Å²) in [6, 6.07) is 7.84. The highest BCUT2D eigenvalue weighted by Crippen LogP contribution is 2.15. The Morgan fingerprint density at radius 1 is 1.31 bits per heavy atom. The largest absolute Gasteiger partial charge is 0.492 e. The summed E-state index contributed by atoms with van der Waals surface area (Å²) in [6.45, 7) is 8.83. The van der Waals surface area contributed by atoms with Crippen molar-refractivity contribution in [3.8, 4) is 5.75 Å². The van der Waals surface area contributed by atoms with Crippen molar-refractivity contribution in [2.75, 3.05) is 32.8 Å². The van der Waals surface area contributed by atoms with Crippen LogP contribution in [0.1, 0.15) is 39.2 Å². The van der Waals surface area contributed by atoms with Crippen molar-refractivity contribution < 1.29 is 18.7 Å². The number of amides is 1. The predicted molar refractivity (Wildman–Crippen MR) is 100 cm³/mol. The number of alkyl halides is 1. The molecule has 2 rings (SSSR count). The number of benzene rings is 1. The number of alkyl carbamates (subject to hydrolysis) is 1. The second-order valence-corrected chi connectivity index (χ2v) is 7.71. The lowest BCUT2D eigenvalue weighted by atomic mass is 10.1. The van der Waals surface area contributed by atoms with Gasteiger partial charge in [-0.05, 0) is 64.3 Å². The van der Waals surface area contributed by atoms with Crippen LogP contribution in [0.3, 0.4) is 0 Å². The molecule has 1 N–H and O–H groups in total. The zero-order chi connectivity index (χ0) is 19.0. The van der Waals surface area contributed by atoms with Crippen LogP contribution in [0, 0.1) is 0 Å². The number of nitrogens with one attached hydrogen (secondary N) is 1. The maximum absolute atomic E-state index is 13.3. The van der Waals surface area contributed by atoms with E-state index in [1.54, 1.807) is 0 Å². The van der Waals surface area contributed by atoms with E-state index < -0.39 is 17.9 Å². The number of ether oxygens (including phenoxy) is 2. The third kappa shape index (κ3) is 8.04. The summed E-state index contributed by atoms with van der Waals surface area (Å²) < 4.78 is 24.3. The first-order chi connectivity index (χ1) is 12.3. The minimum Gasteiger partial charge on any atom is -0.492 e. The van der Waals surface area contributed by atoms with Gasteiger partial charge in [0.2, 0.25) is 0 Å². The molecule has 26 heavy (non-hydrogen) atoms. The molecule has 0 aliphatic carbocycles. The van der Waals surface area contributed by atoms with Gasteiger partial charge in [-0.25, -0.2) is 9.18 Å². The van der Waals surface area contributed by atoms with E-state index in [1.165, 1.54) is 0 Å². The molecule has 1 aromatic rings. The lowest BCUT2D eigenvalue weighted by molar-refractivity contribution is 0.0528. The second kappa shape index (κ2) is 9.76. The second-order valence-electron chi connectivity index (χ2n) is 7.71. The van der Waals surface area contributed by atoms with Gasteiger partial charge in [0.1, 0.15) is 24.1 Å². The van der Waals surface area contributed by atoms with E-state index in [0.717, 1.165) is 37.2 Å². The summed E-state index contributed by atoms with van der Waals surface area (Å²) in [5.41, 5.74) is 0.632. The Hall–Kier alpha value is -1.82. The van der Waals surface area contributed by atoms with Crippen molar-refractivity contribution in [1.29, 1.82) is 0 Å². The van der Waals surface area contributed by atoms with E-state index in [2.05, 4.69) is 10.2 Å². The van der Waals surface area contributed by atoms with Gasteiger partial charge < -0.3 is 14.8 Å². The van der Waals surface area contributed by atoms with Crippen LogP contribution in [0.2, 0.25) is 0 Å². The van der Waals surface area contributed by atoms with Gasteiger partial charge in [0.15, 0.2) is 0 Å². The summed E-state index contributed by atoms with van der Waals surface area (Å²) in [7, 11) is 0. The van der Waals surface area contributed by atoms with Crippen LogP contribution in [-0.4, -0.2) is 55.6 Å². The third-order valence-electron chi connectivity index (χ3n) is 4.13. The van der Waals surface area contributed by atoms with Gasteiger partial charge >= 0.3 is 6.09 Å². The average molecular weight is 366 g/mol. The molecule has 5 nitrogen and oxygen atoms in total. The van der Waals surface area contributed by atoms with E-state index in [9.17, 15) is 9.18 Å². The normalized spacial score (nSPS) is 18.4. The van der Waals surface area contributed by atoms with Crippen LogP contribution in [0.4, 0.5) is 9.18 Å². The zero-order valence-corrected chi connectivity index (χ0v) is 16.1. The first-order valence-electron chi connectivity index (χ1n) is 9.37. The predicted octanol–water partition coefficient (Wildman–Crippen LogP) is 3.57. The van der Waals surface area contributed by atoms with Crippen LogP contribution in [0.5, 0.6) is 5.75 Å². The Kier molecular flexibility index (Phi) is 7.69. The number of nitrogens with zero attached hydrogens (tertiary/aromatic N) is 1. The summed E-state index contributed by atoms with van der Waals surface area (Å²) in [4.78, 5) is 13.7. The number of hydrogen-bond acceptors (Lipinski definition) is 4. The summed E-state index contributed by atoms with van der Waals surface area (Å²) in [5, 5.41) is 2.75. The molecule has 1 atom stereocenters. The highest BCUT2D eigenvalue weighted by atomic mass is 19.1. The molecule has 1 saturated heterocycles. The van der Waals surface area contributed by atoms with Gasteiger partial charge in [0.05, 0.1) is 0 Å². The zero-order valence-electron chi connectivity index (χ0n) is 16.1. The van der Waals surface area contributed by atoms with Gasteiger partial charge in [-0.1, -0.05) is 12.1 Å². The summed E-state index contributed by atoms with van der Waals surface area (Å²) in [6.07, 6.45) is 1.24. The molecule has 1 fully saturated rings. The van der Waals surface area contributed by atoms with Crippen molar-refractivity contribution in [3.63, 3.8) is 0 Å². The van der Waals surface area contributed by atoms with Gasteiger partial charge in [0.25, 0.3) is 0 Å². The first-order valence-corrected chi connectivity index (χ1v) is 9.37. The number of hydrogen-bond donors (Lipinski definition) is 1. The highest BCUT2D eigenvalue weighted by Gasteiger charge is 2.18. The van der Waals surface area contributed by atoms with Gasteiger partial charge in [0, 0.05) is 19.6 Å². The molecule has 0 aromatic heterocycles. The maximum atomic E-state index is 13.3. The summed E-state index contributed by atoms with van der Waals surface area (Å²) in [5.74, 6) is 0.808. The van der Waals surface area contributed by atoms with Crippen LogP contribution in [0.25, 0.3) is 0 Å². The molecule has 6 heteroatoms. The van der Waals surface area contributed by atoms with Crippen LogP contribution in [-0.2, 0) is 11.2 Å². The molecule has 0 spiro atoms. The fraction of sp³-hybridized carbons (Fsp3) is 0.650. The topological polar surface area (TPSA) is 50.8 Å². The fourth-order valence-electron chi connectivity index (χ4n) is 2.87. The van der Waals surface area contributed by atoms with Gasteiger partial charge in [-0.2, -0.15) is 0 Å². The van der Waals surface area contributed by atoms with E-state index in [4.69, 9.17) is 9.47 Å². The molecule has 0 bridgehead atoms. The average Bonchev–Trinajstić information content (AvgIpc) is 2.55. The molecule has 146 valence electrons. The number of carbonyl (C=O) groups is 1.